The number of aryl methyl sites for hydroxylation is 1. The molecule has 2 atom stereocenters. The molecule has 3 aliphatic rings. The minimum Gasteiger partial charge on any atom is -0.370 e. The lowest BCUT2D eigenvalue weighted by molar-refractivity contribution is 0.299. The second kappa shape index (κ2) is 8.10. The van der Waals surface area contributed by atoms with E-state index in [2.05, 4.69) is 58.4 Å². The van der Waals surface area contributed by atoms with Crippen molar-refractivity contribution in [3.8, 4) is 11.3 Å². The molecular formula is C26H32N4S. The van der Waals surface area contributed by atoms with E-state index in [1.807, 2.05) is 11.3 Å². The monoisotopic (exact) mass is 432 g/mol. The van der Waals surface area contributed by atoms with Crippen molar-refractivity contribution < 1.29 is 0 Å². The number of hydrogen-bond donors (Lipinski definition) is 1. The van der Waals surface area contributed by atoms with Crippen LogP contribution in [0.1, 0.15) is 30.6 Å². The minimum atomic E-state index is 0.889. The molecule has 1 N–H and O–H groups in total. The van der Waals surface area contributed by atoms with Crippen LogP contribution in [-0.2, 0) is 0 Å². The summed E-state index contributed by atoms with van der Waals surface area (Å²) >= 11 is 1.91. The highest BCUT2D eigenvalue weighted by Crippen LogP contribution is 2.42. The van der Waals surface area contributed by atoms with Crippen LogP contribution in [0, 0.1) is 18.8 Å². The van der Waals surface area contributed by atoms with E-state index in [0.717, 1.165) is 49.2 Å². The molecule has 4 nitrogen and oxygen atoms in total. The lowest BCUT2D eigenvalue weighted by atomic mass is 9.82. The Labute approximate surface area is 189 Å². The summed E-state index contributed by atoms with van der Waals surface area (Å²) < 4.78 is 1.37. The van der Waals surface area contributed by atoms with Gasteiger partial charge in [0.15, 0.2) is 0 Å². The molecule has 0 spiro atoms. The van der Waals surface area contributed by atoms with Crippen molar-refractivity contribution >= 4 is 32.9 Å². The highest BCUT2D eigenvalue weighted by atomic mass is 32.1. The molecule has 6 rings (SSSR count). The quantitative estimate of drug-likeness (QED) is 0.608. The topological polar surface area (TPSA) is 31.4 Å². The normalized spacial score (nSPS) is 24.0. The van der Waals surface area contributed by atoms with E-state index in [9.17, 15) is 0 Å². The molecule has 2 aromatic heterocycles. The van der Waals surface area contributed by atoms with Gasteiger partial charge in [-0.1, -0.05) is 25.0 Å². The molecule has 162 valence electrons. The van der Waals surface area contributed by atoms with Crippen LogP contribution in [0.15, 0.2) is 36.4 Å². The first-order valence-electron chi connectivity index (χ1n) is 12.0. The van der Waals surface area contributed by atoms with E-state index < -0.39 is 0 Å². The molecule has 2 saturated heterocycles. The third-order valence-electron chi connectivity index (χ3n) is 7.54. The summed E-state index contributed by atoms with van der Waals surface area (Å²) in [6, 6.07) is 13.7. The SMILES string of the molecule is Cc1cc2nc(-c3ccc(N4CCNCC4)cc3)cc(N3CC4CCCCC4C3)c2s1. The van der Waals surface area contributed by atoms with Gasteiger partial charge in [-0.05, 0) is 55.9 Å². The summed E-state index contributed by atoms with van der Waals surface area (Å²) in [6.07, 6.45) is 5.67. The zero-order valence-corrected chi connectivity index (χ0v) is 19.3. The number of anilines is 2. The average molecular weight is 433 g/mol. The number of nitrogens with zero attached hydrogens (tertiary/aromatic N) is 3. The maximum atomic E-state index is 5.09. The Bertz CT molecular complexity index is 1050. The standard InChI is InChI=1S/C26H32N4S/c1-18-14-24-26(31-18)25(30-16-20-4-2-3-5-21(20)17-30)15-23(28-24)19-6-8-22(9-7-19)29-12-10-27-11-13-29/h6-9,14-15,20-21,27H,2-5,10-13,16-17H2,1H3. The van der Waals surface area contributed by atoms with Crippen LogP contribution in [-0.4, -0.2) is 44.3 Å². The number of piperazine rings is 1. The zero-order chi connectivity index (χ0) is 20.8. The molecule has 2 aliphatic heterocycles. The lowest BCUT2D eigenvalue weighted by Gasteiger charge is -2.29. The van der Waals surface area contributed by atoms with E-state index >= 15 is 0 Å². The Kier molecular flexibility index (Phi) is 5.11. The van der Waals surface area contributed by atoms with Gasteiger partial charge in [-0.15, -0.1) is 11.3 Å². The molecule has 1 aromatic carbocycles. The Morgan fingerprint density at radius 1 is 0.935 bits per heavy atom. The van der Waals surface area contributed by atoms with Crippen LogP contribution < -0.4 is 15.1 Å². The smallest absolute Gasteiger partial charge is 0.0841 e. The molecule has 0 radical (unpaired) electrons. The summed E-state index contributed by atoms with van der Waals surface area (Å²) in [7, 11) is 0. The number of thiophene rings is 1. The summed E-state index contributed by atoms with van der Waals surface area (Å²) in [4.78, 5) is 11.6. The van der Waals surface area contributed by atoms with Crippen molar-refractivity contribution in [3.63, 3.8) is 0 Å². The van der Waals surface area contributed by atoms with Gasteiger partial charge in [-0.2, -0.15) is 0 Å². The third kappa shape index (κ3) is 3.72. The number of fused-ring (bicyclic) bond motifs is 2. The maximum absolute atomic E-state index is 5.09. The Hall–Kier alpha value is -2.11. The number of pyridine rings is 1. The van der Waals surface area contributed by atoms with E-state index in [0.29, 0.717) is 0 Å². The first-order valence-corrected chi connectivity index (χ1v) is 12.8. The van der Waals surface area contributed by atoms with E-state index in [1.165, 1.54) is 65.3 Å². The Morgan fingerprint density at radius 3 is 2.35 bits per heavy atom. The van der Waals surface area contributed by atoms with Crippen molar-refractivity contribution in [2.45, 2.75) is 32.6 Å². The molecule has 2 unspecified atom stereocenters. The second-order valence-corrected chi connectivity index (χ2v) is 10.8. The fourth-order valence-electron chi connectivity index (χ4n) is 5.88. The number of nitrogens with one attached hydrogen (secondary N) is 1. The molecule has 0 amide bonds. The highest BCUT2D eigenvalue weighted by molar-refractivity contribution is 7.19. The van der Waals surface area contributed by atoms with E-state index in [1.54, 1.807) is 0 Å². The van der Waals surface area contributed by atoms with Crippen molar-refractivity contribution in [1.82, 2.24) is 10.3 Å². The highest BCUT2D eigenvalue weighted by Gasteiger charge is 2.35. The van der Waals surface area contributed by atoms with Crippen LogP contribution in [0.2, 0.25) is 0 Å². The zero-order valence-electron chi connectivity index (χ0n) is 18.4. The summed E-state index contributed by atoms with van der Waals surface area (Å²) in [6.45, 7) is 8.96. The second-order valence-electron chi connectivity index (χ2n) is 9.59. The van der Waals surface area contributed by atoms with Gasteiger partial charge in [0.2, 0.25) is 0 Å². The van der Waals surface area contributed by atoms with Crippen molar-refractivity contribution in [2.75, 3.05) is 49.1 Å². The van der Waals surface area contributed by atoms with Gasteiger partial charge in [0.1, 0.15) is 0 Å². The van der Waals surface area contributed by atoms with Gasteiger partial charge in [0.25, 0.3) is 0 Å². The fraction of sp³-hybridized carbons (Fsp3) is 0.500. The maximum Gasteiger partial charge on any atom is 0.0841 e. The molecule has 5 heteroatoms. The Balaban J connectivity index is 1.35. The summed E-state index contributed by atoms with van der Waals surface area (Å²) in [5.74, 6) is 1.78. The predicted molar refractivity (Wildman–Crippen MR) is 133 cm³/mol. The van der Waals surface area contributed by atoms with E-state index in [4.69, 9.17) is 4.98 Å². The third-order valence-corrected chi connectivity index (χ3v) is 8.61. The molecule has 3 fully saturated rings. The molecule has 3 aromatic rings. The van der Waals surface area contributed by atoms with Crippen LogP contribution in [0.5, 0.6) is 0 Å². The minimum absolute atomic E-state index is 0.889. The first kappa shape index (κ1) is 19.6. The van der Waals surface area contributed by atoms with Crippen LogP contribution in [0.4, 0.5) is 11.4 Å². The first-order chi connectivity index (χ1) is 15.2. The number of benzene rings is 1. The van der Waals surface area contributed by atoms with Gasteiger partial charge in [-0.25, -0.2) is 4.98 Å². The van der Waals surface area contributed by atoms with Crippen molar-refractivity contribution in [3.05, 3.63) is 41.3 Å². The van der Waals surface area contributed by atoms with Crippen molar-refractivity contribution in [1.29, 1.82) is 0 Å². The number of rotatable bonds is 3. The summed E-state index contributed by atoms with van der Waals surface area (Å²) in [5, 5.41) is 3.44. The van der Waals surface area contributed by atoms with Crippen molar-refractivity contribution in [2.24, 2.45) is 11.8 Å². The van der Waals surface area contributed by atoms with Crippen LogP contribution >= 0.6 is 11.3 Å². The molecule has 0 bridgehead atoms. The predicted octanol–water partition coefficient (Wildman–Crippen LogP) is 5.31. The van der Waals surface area contributed by atoms with Gasteiger partial charge in [0.05, 0.1) is 21.6 Å². The fourth-order valence-corrected chi connectivity index (χ4v) is 6.87. The van der Waals surface area contributed by atoms with E-state index in [-0.39, 0.29) is 0 Å². The molecule has 31 heavy (non-hydrogen) atoms. The molecule has 1 aliphatic carbocycles. The Morgan fingerprint density at radius 2 is 1.65 bits per heavy atom. The average Bonchev–Trinajstić information content (AvgIpc) is 3.41. The van der Waals surface area contributed by atoms with Crippen LogP contribution in [0.25, 0.3) is 21.5 Å². The van der Waals surface area contributed by atoms with Crippen LogP contribution in [0.3, 0.4) is 0 Å². The molecule has 4 heterocycles. The van der Waals surface area contributed by atoms with Gasteiger partial charge >= 0.3 is 0 Å². The van der Waals surface area contributed by atoms with Gasteiger partial charge in [-0.3, -0.25) is 0 Å². The summed E-state index contributed by atoms with van der Waals surface area (Å²) in [5.41, 5.74) is 6.24. The lowest BCUT2D eigenvalue weighted by Crippen LogP contribution is -2.43. The van der Waals surface area contributed by atoms with Gasteiger partial charge < -0.3 is 15.1 Å². The number of hydrogen-bond acceptors (Lipinski definition) is 5. The molecule has 1 saturated carbocycles. The van der Waals surface area contributed by atoms with Gasteiger partial charge in [0, 0.05) is 55.4 Å². The number of aromatic nitrogens is 1. The molecular weight excluding hydrogens is 400 g/mol. The largest absolute Gasteiger partial charge is 0.370 e.